The molecule has 108 valence electrons. The van der Waals surface area contributed by atoms with Gasteiger partial charge >= 0.3 is 6.09 Å². The van der Waals surface area contributed by atoms with Crippen molar-refractivity contribution in [1.29, 1.82) is 0 Å². The molecule has 0 radical (unpaired) electrons. The zero-order valence-electron chi connectivity index (χ0n) is 10.7. The molecule has 0 saturated heterocycles. The number of ether oxygens (including phenoxy) is 1. The third kappa shape index (κ3) is 4.12. The van der Waals surface area contributed by atoms with Gasteiger partial charge in [0.1, 0.15) is 6.61 Å². The van der Waals surface area contributed by atoms with E-state index in [4.69, 9.17) is 5.73 Å². The van der Waals surface area contributed by atoms with Gasteiger partial charge in [0.25, 0.3) is 11.6 Å². The standard InChI is InChI=1S/C11H14N4O5/c1-13-9-3-2-7(15(18)19)6-8(9)10(16)14-4-5-20-11(12)17/h2-3,6,13H,4-5H2,1H3,(H2,12,17)(H,14,16). The van der Waals surface area contributed by atoms with E-state index in [9.17, 15) is 19.7 Å². The van der Waals surface area contributed by atoms with Gasteiger partial charge in [-0.1, -0.05) is 0 Å². The highest BCUT2D eigenvalue weighted by Crippen LogP contribution is 2.21. The lowest BCUT2D eigenvalue weighted by molar-refractivity contribution is -0.384. The van der Waals surface area contributed by atoms with Crippen LogP contribution in [0.4, 0.5) is 16.2 Å². The molecule has 9 nitrogen and oxygen atoms in total. The number of hydrogen-bond acceptors (Lipinski definition) is 6. The fourth-order valence-electron chi connectivity index (χ4n) is 1.46. The molecule has 0 atom stereocenters. The number of rotatable bonds is 6. The SMILES string of the molecule is CNc1ccc([N+](=O)[O-])cc1C(=O)NCCOC(N)=O. The molecule has 4 N–H and O–H groups in total. The maximum absolute atomic E-state index is 11.9. The first kappa shape index (κ1) is 15.2. The first-order chi connectivity index (χ1) is 9.45. The number of nitro groups is 1. The molecule has 0 heterocycles. The van der Waals surface area contributed by atoms with Crippen LogP contribution in [-0.2, 0) is 4.74 Å². The average Bonchev–Trinajstić information content (AvgIpc) is 2.42. The Morgan fingerprint density at radius 3 is 2.70 bits per heavy atom. The molecule has 0 aliphatic heterocycles. The van der Waals surface area contributed by atoms with Crippen molar-refractivity contribution in [2.75, 3.05) is 25.5 Å². The minimum absolute atomic E-state index is 0.0492. The van der Waals surface area contributed by atoms with Gasteiger partial charge in [0.05, 0.1) is 17.0 Å². The number of nitrogens with two attached hydrogens (primary N) is 1. The Kier molecular flexibility index (Phi) is 5.27. The van der Waals surface area contributed by atoms with Crippen molar-refractivity contribution in [1.82, 2.24) is 5.32 Å². The molecule has 1 rings (SSSR count). The van der Waals surface area contributed by atoms with Crippen LogP contribution in [0.25, 0.3) is 0 Å². The van der Waals surface area contributed by atoms with Crippen LogP contribution in [0, 0.1) is 10.1 Å². The zero-order chi connectivity index (χ0) is 15.1. The second kappa shape index (κ2) is 6.92. The number of benzene rings is 1. The van der Waals surface area contributed by atoms with Crippen LogP contribution in [0.1, 0.15) is 10.4 Å². The Bertz CT molecular complexity index is 532. The Hall–Kier alpha value is -2.84. The van der Waals surface area contributed by atoms with Crippen LogP contribution in [-0.4, -0.2) is 37.1 Å². The summed E-state index contributed by atoms with van der Waals surface area (Å²) in [5.74, 6) is -0.522. The molecule has 0 aliphatic carbocycles. The summed E-state index contributed by atoms with van der Waals surface area (Å²) in [6.07, 6.45) is -0.939. The number of primary amides is 1. The smallest absolute Gasteiger partial charge is 0.404 e. The summed E-state index contributed by atoms with van der Waals surface area (Å²) in [5, 5.41) is 15.9. The van der Waals surface area contributed by atoms with Crippen molar-refractivity contribution in [2.45, 2.75) is 0 Å². The summed E-state index contributed by atoms with van der Waals surface area (Å²) in [4.78, 5) is 32.3. The van der Waals surface area contributed by atoms with Crippen molar-refractivity contribution in [2.24, 2.45) is 5.73 Å². The maximum Gasteiger partial charge on any atom is 0.404 e. The molecule has 0 aliphatic rings. The van der Waals surface area contributed by atoms with E-state index in [1.165, 1.54) is 12.1 Å². The van der Waals surface area contributed by atoms with Crippen LogP contribution in [0.2, 0.25) is 0 Å². The molecular formula is C11H14N4O5. The second-order valence-electron chi connectivity index (χ2n) is 3.66. The van der Waals surface area contributed by atoms with E-state index < -0.39 is 16.9 Å². The van der Waals surface area contributed by atoms with E-state index in [1.54, 1.807) is 7.05 Å². The molecule has 0 bridgehead atoms. The Morgan fingerprint density at radius 2 is 2.15 bits per heavy atom. The summed E-state index contributed by atoms with van der Waals surface area (Å²) in [6.45, 7) is -0.0293. The summed E-state index contributed by atoms with van der Waals surface area (Å²) >= 11 is 0. The molecule has 0 aromatic heterocycles. The van der Waals surface area contributed by atoms with Crippen molar-refractivity contribution < 1.29 is 19.2 Å². The van der Waals surface area contributed by atoms with Gasteiger partial charge in [-0.2, -0.15) is 0 Å². The fraction of sp³-hybridized carbons (Fsp3) is 0.273. The highest BCUT2D eigenvalue weighted by atomic mass is 16.6. The number of non-ortho nitro benzene ring substituents is 1. The lowest BCUT2D eigenvalue weighted by atomic mass is 10.1. The minimum atomic E-state index is -0.939. The third-order valence-corrected chi connectivity index (χ3v) is 2.36. The van der Waals surface area contributed by atoms with Gasteiger partial charge < -0.3 is 21.1 Å². The number of carbonyl (C=O) groups is 2. The number of carbonyl (C=O) groups excluding carboxylic acids is 2. The van der Waals surface area contributed by atoms with Gasteiger partial charge in [0.2, 0.25) is 0 Å². The predicted octanol–water partition coefficient (Wildman–Crippen LogP) is 0.462. The van der Waals surface area contributed by atoms with E-state index in [-0.39, 0.29) is 24.4 Å². The monoisotopic (exact) mass is 282 g/mol. The number of nitrogens with zero attached hydrogens (tertiary/aromatic N) is 1. The highest BCUT2D eigenvalue weighted by Gasteiger charge is 2.15. The highest BCUT2D eigenvalue weighted by molar-refractivity contribution is 6.00. The molecule has 0 fully saturated rings. The maximum atomic E-state index is 11.9. The van der Waals surface area contributed by atoms with Crippen LogP contribution in [0.5, 0.6) is 0 Å². The van der Waals surface area contributed by atoms with Gasteiger partial charge in [0, 0.05) is 24.9 Å². The largest absolute Gasteiger partial charge is 0.448 e. The Balaban J connectivity index is 2.77. The number of anilines is 1. The molecule has 1 aromatic carbocycles. The Labute approximate surface area is 114 Å². The number of nitro benzene ring substituents is 1. The first-order valence-electron chi connectivity index (χ1n) is 5.62. The van der Waals surface area contributed by atoms with E-state index in [0.29, 0.717) is 5.69 Å². The summed E-state index contributed by atoms with van der Waals surface area (Å²) in [5.41, 5.74) is 5.14. The topological polar surface area (TPSA) is 137 Å². The molecule has 0 saturated carbocycles. The third-order valence-electron chi connectivity index (χ3n) is 2.36. The quantitative estimate of drug-likeness (QED) is 0.394. The van der Waals surface area contributed by atoms with E-state index in [1.807, 2.05) is 0 Å². The number of amides is 2. The van der Waals surface area contributed by atoms with Crippen molar-refractivity contribution in [3.05, 3.63) is 33.9 Å². The molecule has 0 spiro atoms. The number of nitrogens with one attached hydrogen (secondary N) is 2. The predicted molar refractivity (Wildman–Crippen MR) is 70.5 cm³/mol. The summed E-state index contributed by atoms with van der Waals surface area (Å²) in [7, 11) is 1.59. The Morgan fingerprint density at radius 1 is 1.45 bits per heavy atom. The zero-order valence-corrected chi connectivity index (χ0v) is 10.7. The van der Waals surface area contributed by atoms with Crippen LogP contribution < -0.4 is 16.4 Å². The molecule has 1 aromatic rings. The van der Waals surface area contributed by atoms with E-state index >= 15 is 0 Å². The van der Waals surface area contributed by atoms with Crippen LogP contribution >= 0.6 is 0 Å². The van der Waals surface area contributed by atoms with Crippen molar-refractivity contribution in [3.8, 4) is 0 Å². The molecule has 20 heavy (non-hydrogen) atoms. The lowest BCUT2D eigenvalue weighted by Gasteiger charge is -2.09. The molecule has 9 heteroatoms. The lowest BCUT2D eigenvalue weighted by Crippen LogP contribution is -2.29. The summed E-state index contributed by atoms with van der Waals surface area (Å²) in [6, 6.07) is 3.89. The van der Waals surface area contributed by atoms with E-state index in [2.05, 4.69) is 15.4 Å². The normalized spacial score (nSPS) is 9.65. The first-order valence-corrected chi connectivity index (χ1v) is 5.62. The van der Waals surface area contributed by atoms with Gasteiger partial charge in [-0.25, -0.2) is 4.79 Å². The second-order valence-corrected chi connectivity index (χ2v) is 3.66. The van der Waals surface area contributed by atoms with E-state index in [0.717, 1.165) is 6.07 Å². The van der Waals surface area contributed by atoms with Gasteiger partial charge in [0.15, 0.2) is 0 Å². The van der Waals surface area contributed by atoms with Crippen LogP contribution in [0.15, 0.2) is 18.2 Å². The molecule has 2 amide bonds. The fourth-order valence-corrected chi connectivity index (χ4v) is 1.46. The molecular weight excluding hydrogens is 268 g/mol. The van der Waals surface area contributed by atoms with Gasteiger partial charge in [-0.05, 0) is 6.07 Å². The average molecular weight is 282 g/mol. The minimum Gasteiger partial charge on any atom is -0.448 e. The summed E-state index contributed by atoms with van der Waals surface area (Å²) < 4.78 is 4.45. The van der Waals surface area contributed by atoms with Crippen molar-refractivity contribution in [3.63, 3.8) is 0 Å². The number of hydrogen-bond donors (Lipinski definition) is 3. The molecule has 0 unspecified atom stereocenters. The van der Waals surface area contributed by atoms with Crippen LogP contribution in [0.3, 0.4) is 0 Å². The van der Waals surface area contributed by atoms with Crippen molar-refractivity contribution >= 4 is 23.4 Å². The van der Waals surface area contributed by atoms with Gasteiger partial charge in [-0.3, -0.25) is 14.9 Å². The van der Waals surface area contributed by atoms with Gasteiger partial charge in [-0.15, -0.1) is 0 Å².